The molecule has 1 aliphatic rings. The molecular formula is C18H25N3O4S. The molecule has 1 aromatic carbocycles. The summed E-state index contributed by atoms with van der Waals surface area (Å²) in [5.74, 6) is -0.171. The Hall–Kier alpha value is -1.90. The summed E-state index contributed by atoms with van der Waals surface area (Å²) in [5, 5.41) is 3.66. The lowest BCUT2D eigenvalue weighted by Gasteiger charge is -2.12. The first-order valence-corrected chi connectivity index (χ1v) is 10.2. The normalized spacial score (nSPS) is 17.9. The summed E-state index contributed by atoms with van der Waals surface area (Å²) in [6.45, 7) is 3.82. The van der Waals surface area contributed by atoms with E-state index in [1.807, 2.05) is 11.5 Å². The van der Waals surface area contributed by atoms with Gasteiger partial charge in [0.2, 0.25) is 10.0 Å². The Bertz CT molecular complexity index is 912. The molecule has 3 rings (SSSR count). The predicted molar refractivity (Wildman–Crippen MR) is 99.8 cm³/mol. The van der Waals surface area contributed by atoms with Gasteiger partial charge < -0.3 is 14.6 Å². The highest BCUT2D eigenvalue weighted by molar-refractivity contribution is 7.89. The van der Waals surface area contributed by atoms with Gasteiger partial charge in [-0.25, -0.2) is 12.7 Å². The summed E-state index contributed by atoms with van der Waals surface area (Å²) in [4.78, 5) is 12.8. The lowest BCUT2D eigenvalue weighted by molar-refractivity contribution is 0.0850. The number of fused-ring (bicyclic) bond motifs is 1. The van der Waals surface area contributed by atoms with Crippen molar-refractivity contribution in [2.75, 3.05) is 27.2 Å². The summed E-state index contributed by atoms with van der Waals surface area (Å²) in [6, 6.07) is 6.70. The highest BCUT2D eigenvalue weighted by Crippen LogP contribution is 2.25. The van der Waals surface area contributed by atoms with Gasteiger partial charge in [0.1, 0.15) is 5.69 Å². The molecule has 1 fully saturated rings. The third kappa shape index (κ3) is 3.49. The molecule has 2 heterocycles. The molecule has 8 heteroatoms. The van der Waals surface area contributed by atoms with E-state index in [-0.39, 0.29) is 16.9 Å². The molecule has 1 unspecified atom stereocenters. The smallest absolute Gasteiger partial charge is 0.268 e. The van der Waals surface area contributed by atoms with Gasteiger partial charge in [-0.3, -0.25) is 4.79 Å². The third-order valence-corrected chi connectivity index (χ3v) is 6.53. The van der Waals surface area contributed by atoms with E-state index in [0.29, 0.717) is 18.8 Å². The van der Waals surface area contributed by atoms with Gasteiger partial charge in [0.25, 0.3) is 5.91 Å². The molecule has 0 aliphatic carbocycles. The molecule has 2 aromatic rings. The van der Waals surface area contributed by atoms with E-state index in [2.05, 4.69) is 5.32 Å². The van der Waals surface area contributed by atoms with Crippen LogP contribution in [0.4, 0.5) is 0 Å². The van der Waals surface area contributed by atoms with Crippen LogP contribution in [0.1, 0.15) is 30.3 Å². The fraction of sp³-hybridized carbons (Fsp3) is 0.500. The quantitative estimate of drug-likeness (QED) is 0.830. The Morgan fingerprint density at radius 3 is 2.73 bits per heavy atom. The number of hydrogen-bond donors (Lipinski definition) is 1. The number of sulfonamides is 1. The number of carbonyl (C=O) groups is 1. The van der Waals surface area contributed by atoms with Crippen LogP contribution in [0, 0.1) is 0 Å². The van der Waals surface area contributed by atoms with Gasteiger partial charge in [-0.05, 0) is 44.0 Å². The fourth-order valence-electron chi connectivity index (χ4n) is 3.25. The zero-order chi connectivity index (χ0) is 18.9. The van der Waals surface area contributed by atoms with Crippen molar-refractivity contribution in [1.29, 1.82) is 0 Å². The van der Waals surface area contributed by atoms with Crippen LogP contribution in [0.25, 0.3) is 10.9 Å². The van der Waals surface area contributed by atoms with Crippen molar-refractivity contribution in [3.05, 3.63) is 30.0 Å². The number of aryl methyl sites for hydroxylation is 1. The molecule has 0 spiro atoms. The van der Waals surface area contributed by atoms with Crippen LogP contribution in [0.5, 0.6) is 0 Å². The van der Waals surface area contributed by atoms with E-state index in [1.54, 1.807) is 24.3 Å². The van der Waals surface area contributed by atoms with Crippen LogP contribution in [0.2, 0.25) is 0 Å². The minimum atomic E-state index is -3.51. The Labute approximate surface area is 154 Å². The Kier molecular flexibility index (Phi) is 5.36. The molecule has 1 atom stereocenters. The van der Waals surface area contributed by atoms with Crippen molar-refractivity contribution in [1.82, 2.24) is 14.2 Å². The van der Waals surface area contributed by atoms with Gasteiger partial charge in [-0.2, -0.15) is 0 Å². The van der Waals surface area contributed by atoms with Crippen LogP contribution in [-0.2, 0) is 21.3 Å². The standard InChI is InChI=1S/C18H25N3O4S/c1-4-21-16-8-7-15(26(23,24)20(2)3)10-13(16)11-17(21)18(22)19-12-14-6-5-9-25-14/h7-8,10-11,14H,4-6,9,12H2,1-3H3,(H,19,22). The average molecular weight is 379 g/mol. The Balaban J connectivity index is 1.91. The molecule has 0 radical (unpaired) electrons. The summed E-state index contributed by atoms with van der Waals surface area (Å²) in [5.41, 5.74) is 1.37. The number of ether oxygens (including phenoxy) is 1. The van der Waals surface area contributed by atoms with Crippen LogP contribution < -0.4 is 5.32 Å². The summed E-state index contributed by atoms with van der Waals surface area (Å²) >= 11 is 0. The first kappa shape index (κ1) is 18.9. The van der Waals surface area contributed by atoms with Crippen molar-refractivity contribution < 1.29 is 17.9 Å². The van der Waals surface area contributed by atoms with Gasteiger partial charge in [-0.1, -0.05) is 0 Å². The highest BCUT2D eigenvalue weighted by atomic mass is 32.2. The monoisotopic (exact) mass is 379 g/mol. The minimum absolute atomic E-state index is 0.0789. The molecule has 0 bridgehead atoms. The molecule has 142 valence electrons. The van der Waals surface area contributed by atoms with Crippen LogP contribution in [0.15, 0.2) is 29.2 Å². The number of nitrogens with one attached hydrogen (secondary N) is 1. The van der Waals surface area contributed by atoms with Gasteiger partial charge in [0, 0.05) is 44.7 Å². The molecule has 1 aromatic heterocycles. The maximum Gasteiger partial charge on any atom is 0.268 e. The summed E-state index contributed by atoms with van der Waals surface area (Å²) < 4.78 is 33.3. The Morgan fingerprint density at radius 1 is 1.35 bits per heavy atom. The van der Waals surface area contributed by atoms with Gasteiger partial charge >= 0.3 is 0 Å². The second kappa shape index (κ2) is 7.38. The number of hydrogen-bond acceptors (Lipinski definition) is 4. The largest absolute Gasteiger partial charge is 0.376 e. The maximum atomic E-state index is 12.6. The fourth-order valence-corrected chi connectivity index (χ4v) is 4.19. The maximum absolute atomic E-state index is 12.6. The lowest BCUT2D eigenvalue weighted by Crippen LogP contribution is -2.32. The van der Waals surface area contributed by atoms with Gasteiger partial charge in [-0.15, -0.1) is 0 Å². The summed E-state index contributed by atoms with van der Waals surface area (Å²) in [6.07, 6.45) is 2.07. The molecule has 1 aliphatic heterocycles. The van der Waals surface area contributed by atoms with Gasteiger partial charge in [0.15, 0.2) is 0 Å². The molecule has 26 heavy (non-hydrogen) atoms. The summed E-state index contributed by atoms with van der Waals surface area (Å²) in [7, 11) is -0.512. The second-order valence-corrected chi connectivity index (χ2v) is 8.78. The molecular weight excluding hydrogens is 354 g/mol. The lowest BCUT2D eigenvalue weighted by atomic mass is 10.2. The number of rotatable bonds is 6. The van der Waals surface area contributed by atoms with Crippen LogP contribution >= 0.6 is 0 Å². The molecule has 1 saturated heterocycles. The van der Waals surface area contributed by atoms with Crippen molar-refractivity contribution in [3.63, 3.8) is 0 Å². The van der Waals surface area contributed by atoms with E-state index in [0.717, 1.165) is 30.4 Å². The number of nitrogens with zero attached hydrogens (tertiary/aromatic N) is 2. The van der Waals surface area contributed by atoms with Gasteiger partial charge in [0.05, 0.1) is 11.0 Å². The number of aromatic nitrogens is 1. The first-order valence-electron chi connectivity index (χ1n) is 8.80. The number of carbonyl (C=O) groups excluding carboxylic acids is 1. The average Bonchev–Trinajstić information content (AvgIpc) is 3.25. The van der Waals surface area contributed by atoms with Crippen LogP contribution in [0.3, 0.4) is 0 Å². The van der Waals surface area contributed by atoms with Crippen LogP contribution in [-0.4, -0.2) is 56.5 Å². The topological polar surface area (TPSA) is 80.6 Å². The van der Waals surface area contributed by atoms with E-state index >= 15 is 0 Å². The number of benzene rings is 1. The van der Waals surface area contributed by atoms with E-state index in [1.165, 1.54) is 18.4 Å². The van der Waals surface area contributed by atoms with Crippen molar-refractivity contribution >= 4 is 26.8 Å². The van der Waals surface area contributed by atoms with Crippen molar-refractivity contribution in [2.24, 2.45) is 0 Å². The predicted octanol–water partition coefficient (Wildman–Crippen LogP) is 1.82. The van der Waals surface area contributed by atoms with Crippen molar-refractivity contribution in [3.8, 4) is 0 Å². The minimum Gasteiger partial charge on any atom is -0.376 e. The van der Waals surface area contributed by atoms with Crippen molar-refractivity contribution in [2.45, 2.75) is 37.3 Å². The molecule has 1 amide bonds. The van der Waals surface area contributed by atoms with E-state index < -0.39 is 10.0 Å². The SMILES string of the molecule is CCn1c(C(=O)NCC2CCCO2)cc2cc(S(=O)(=O)N(C)C)ccc21. The molecule has 7 nitrogen and oxygen atoms in total. The molecule has 0 saturated carbocycles. The van der Waals surface area contributed by atoms with E-state index in [4.69, 9.17) is 4.74 Å². The molecule has 1 N–H and O–H groups in total. The van der Waals surface area contributed by atoms with E-state index in [9.17, 15) is 13.2 Å². The second-order valence-electron chi connectivity index (χ2n) is 6.63. The first-order chi connectivity index (χ1) is 12.3. The Morgan fingerprint density at radius 2 is 2.12 bits per heavy atom. The third-order valence-electron chi connectivity index (χ3n) is 4.71. The zero-order valence-electron chi connectivity index (χ0n) is 15.4. The highest BCUT2D eigenvalue weighted by Gasteiger charge is 2.21. The number of amides is 1. The zero-order valence-corrected chi connectivity index (χ0v) is 16.2.